The zero-order chi connectivity index (χ0) is 21.6. The first kappa shape index (κ1) is 21.8. The van der Waals surface area contributed by atoms with Crippen LogP contribution in [0.3, 0.4) is 0 Å². The predicted octanol–water partition coefficient (Wildman–Crippen LogP) is 3.59. The Bertz CT molecular complexity index is 1070. The summed E-state index contributed by atoms with van der Waals surface area (Å²) in [5.41, 5.74) is 1.32. The summed E-state index contributed by atoms with van der Waals surface area (Å²) in [5.74, 6) is -0.306. The van der Waals surface area contributed by atoms with Crippen molar-refractivity contribution in [1.29, 1.82) is 0 Å². The van der Waals surface area contributed by atoms with E-state index in [0.29, 0.717) is 5.75 Å². The lowest BCUT2D eigenvalue weighted by atomic mass is 10.2. The molecule has 3 aromatic rings. The third kappa shape index (κ3) is 5.58. The molecule has 1 heterocycles. The average molecular weight is 449 g/mol. The van der Waals surface area contributed by atoms with E-state index < -0.39 is 28.3 Å². The van der Waals surface area contributed by atoms with Gasteiger partial charge in [-0.2, -0.15) is 0 Å². The Morgan fingerprint density at radius 3 is 2.43 bits per heavy atom. The van der Waals surface area contributed by atoms with Crippen molar-refractivity contribution in [3.05, 3.63) is 77.4 Å². The molecule has 0 spiro atoms. The minimum absolute atomic E-state index is 0.0994. The van der Waals surface area contributed by atoms with E-state index >= 15 is 0 Å². The normalized spacial score (nSPS) is 11.1. The highest BCUT2D eigenvalue weighted by molar-refractivity contribution is 7.94. The molecule has 30 heavy (non-hydrogen) atoms. The number of hydrogen-bond acceptors (Lipinski definition) is 5. The molecule has 0 radical (unpaired) electrons. The zero-order valence-corrected chi connectivity index (χ0v) is 17.9. The highest BCUT2D eigenvalue weighted by Gasteiger charge is 2.28. The molecule has 0 aliphatic carbocycles. The number of carbonyl (C=O) groups excluding carboxylic acids is 1. The fourth-order valence-electron chi connectivity index (χ4n) is 2.62. The number of thiophene rings is 1. The van der Waals surface area contributed by atoms with E-state index in [2.05, 4.69) is 5.32 Å². The van der Waals surface area contributed by atoms with Gasteiger partial charge in [-0.3, -0.25) is 9.10 Å². The van der Waals surface area contributed by atoms with Crippen LogP contribution in [0.4, 0.5) is 10.1 Å². The number of carbonyl (C=O) groups is 1. The van der Waals surface area contributed by atoms with Crippen molar-refractivity contribution in [2.75, 3.05) is 24.0 Å². The first-order valence-electron chi connectivity index (χ1n) is 9.14. The lowest BCUT2D eigenvalue weighted by Crippen LogP contribution is -2.41. The summed E-state index contributed by atoms with van der Waals surface area (Å²) in [4.78, 5) is 12.4. The smallest absolute Gasteiger partial charge is 0.274 e. The molecule has 0 saturated heterocycles. The standard InChI is InChI=1S/C21H21FN2O4S2/c1-16-4-10-19(11-5-16)28-13-12-23-20(25)15-24(18-8-6-17(22)7-9-18)30(26,27)21-3-2-14-29-21/h2-11,14H,12-13,15H2,1H3,(H,23,25). The molecule has 6 nitrogen and oxygen atoms in total. The van der Waals surface area contributed by atoms with Gasteiger partial charge in [0.05, 0.1) is 12.2 Å². The molecule has 0 aliphatic heterocycles. The first-order chi connectivity index (χ1) is 14.4. The lowest BCUT2D eigenvalue weighted by molar-refractivity contribution is -0.119. The number of rotatable bonds is 9. The van der Waals surface area contributed by atoms with Crippen LogP contribution in [0.15, 0.2) is 70.3 Å². The number of ether oxygens (including phenoxy) is 1. The monoisotopic (exact) mass is 448 g/mol. The van der Waals surface area contributed by atoms with Gasteiger partial charge in [-0.05, 0) is 54.8 Å². The van der Waals surface area contributed by atoms with Crippen LogP contribution in [0.5, 0.6) is 5.75 Å². The van der Waals surface area contributed by atoms with E-state index in [1.165, 1.54) is 18.2 Å². The minimum Gasteiger partial charge on any atom is -0.492 e. The molecule has 2 aromatic carbocycles. The second kappa shape index (κ2) is 9.73. The van der Waals surface area contributed by atoms with Crippen molar-refractivity contribution in [2.45, 2.75) is 11.1 Å². The molecule has 0 bridgehead atoms. The quantitative estimate of drug-likeness (QED) is 0.508. The SMILES string of the molecule is Cc1ccc(OCCNC(=O)CN(c2ccc(F)cc2)S(=O)(=O)c2cccs2)cc1. The van der Waals surface area contributed by atoms with Crippen LogP contribution < -0.4 is 14.4 Å². The number of nitrogens with one attached hydrogen (secondary N) is 1. The number of sulfonamides is 1. The van der Waals surface area contributed by atoms with Crippen molar-refractivity contribution in [3.8, 4) is 5.75 Å². The van der Waals surface area contributed by atoms with E-state index in [1.807, 2.05) is 31.2 Å². The lowest BCUT2D eigenvalue weighted by Gasteiger charge is -2.23. The number of benzene rings is 2. The Morgan fingerprint density at radius 2 is 1.80 bits per heavy atom. The molecule has 1 aromatic heterocycles. The van der Waals surface area contributed by atoms with Gasteiger partial charge >= 0.3 is 0 Å². The Hall–Kier alpha value is -2.91. The van der Waals surface area contributed by atoms with E-state index in [0.717, 1.165) is 33.3 Å². The second-order valence-corrected chi connectivity index (χ2v) is 9.47. The van der Waals surface area contributed by atoms with Crippen molar-refractivity contribution < 1.29 is 22.3 Å². The Labute approximate surface area is 179 Å². The average Bonchev–Trinajstić information content (AvgIpc) is 3.27. The molecule has 0 saturated carbocycles. The van der Waals surface area contributed by atoms with Gasteiger partial charge in [-0.15, -0.1) is 11.3 Å². The van der Waals surface area contributed by atoms with Crippen molar-refractivity contribution in [2.24, 2.45) is 0 Å². The van der Waals surface area contributed by atoms with Gasteiger partial charge < -0.3 is 10.1 Å². The Balaban J connectivity index is 1.64. The Kier molecular flexibility index (Phi) is 7.07. The van der Waals surface area contributed by atoms with Gasteiger partial charge in [-0.1, -0.05) is 23.8 Å². The molecule has 0 fully saturated rings. The molecule has 0 unspecified atom stereocenters. The van der Waals surface area contributed by atoms with Crippen LogP contribution in [0, 0.1) is 12.7 Å². The highest BCUT2D eigenvalue weighted by atomic mass is 32.2. The minimum atomic E-state index is -3.96. The van der Waals surface area contributed by atoms with E-state index in [1.54, 1.807) is 11.4 Å². The number of aryl methyl sites for hydroxylation is 1. The molecule has 1 amide bonds. The number of hydrogen-bond donors (Lipinski definition) is 1. The van der Waals surface area contributed by atoms with Crippen molar-refractivity contribution in [3.63, 3.8) is 0 Å². The molecular formula is C21H21FN2O4S2. The molecule has 0 aliphatic rings. The summed E-state index contributed by atoms with van der Waals surface area (Å²) in [7, 11) is -3.96. The molecule has 1 N–H and O–H groups in total. The molecule has 158 valence electrons. The van der Waals surface area contributed by atoms with E-state index in [4.69, 9.17) is 4.74 Å². The van der Waals surface area contributed by atoms with Crippen molar-refractivity contribution in [1.82, 2.24) is 5.32 Å². The Morgan fingerprint density at radius 1 is 1.10 bits per heavy atom. The van der Waals surface area contributed by atoms with E-state index in [9.17, 15) is 17.6 Å². The summed E-state index contributed by atoms with van der Waals surface area (Å²) in [6.07, 6.45) is 0. The van der Waals surface area contributed by atoms with Crippen LogP contribution in [-0.2, 0) is 14.8 Å². The van der Waals surface area contributed by atoms with Crippen molar-refractivity contribution >= 4 is 33.0 Å². The topological polar surface area (TPSA) is 75.7 Å². The second-order valence-electron chi connectivity index (χ2n) is 6.43. The molecular weight excluding hydrogens is 427 g/mol. The van der Waals surface area contributed by atoms with Gasteiger partial charge in [0.1, 0.15) is 28.9 Å². The summed E-state index contributed by atoms with van der Waals surface area (Å²) >= 11 is 1.05. The van der Waals surface area contributed by atoms with Gasteiger partial charge in [0.15, 0.2) is 0 Å². The summed E-state index contributed by atoms with van der Waals surface area (Å²) < 4.78 is 45.9. The van der Waals surface area contributed by atoms with Gasteiger partial charge in [-0.25, -0.2) is 12.8 Å². The fraction of sp³-hybridized carbons (Fsp3) is 0.190. The zero-order valence-electron chi connectivity index (χ0n) is 16.2. The third-order valence-electron chi connectivity index (χ3n) is 4.16. The maximum absolute atomic E-state index is 13.3. The maximum atomic E-state index is 13.3. The number of halogens is 1. The maximum Gasteiger partial charge on any atom is 0.274 e. The largest absolute Gasteiger partial charge is 0.492 e. The predicted molar refractivity (Wildman–Crippen MR) is 115 cm³/mol. The summed E-state index contributed by atoms with van der Waals surface area (Å²) in [5, 5.41) is 4.29. The van der Waals surface area contributed by atoms with Gasteiger partial charge in [0, 0.05) is 0 Å². The van der Waals surface area contributed by atoms with Crippen LogP contribution >= 0.6 is 11.3 Å². The van der Waals surface area contributed by atoms with Gasteiger partial charge in [0.25, 0.3) is 10.0 Å². The first-order valence-corrected chi connectivity index (χ1v) is 11.5. The number of nitrogens with zero attached hydrogens (tertiary/aromatic N) is 1. The van der Waals surface area contributed by atoms with Crippen LogP contribution in [0.1, 0.15) is 5.56 Å². The van der Waals surface area contributed by atoms with Crippen LogP contribution in [-0.4, -0.2) is 34.0 Å². The number of anilines is 1. The number of amides is 1. The third-order valence-corrected chi connectivity index (χ3v) is 7.30. The summed E-state index contributed by atoms with van der Waals surface area (Å²) in [6, 6.07) is 15.5. The van der Waals surface area contributed by atoms with Crippen LogP contribution in [0.2, 0.25) is 0 Å². The van der Waals surface area contributed by atoms with Gasteiger partial charge in [0.2, 0.25) is 5.91 Å². The summed E-state index contributed by atoms with van der Waals surface area (Å²) in [6.45, 7) is 1.99. The molecule has 0 atom stereocenters. The molecule has 3 rings (SSSR count). The highest BCUT2D eigenvalue weighted by Crippen LogP contribution is 2.26. The van der Waals surface area contributed by atoms with E-state index in [-0.39, 0.29) is 23.0 Å². The molecule has 9 heteroatoms. The fourth-order valence-corrected chi connectivity index (χ4v) is 5.15. The van der Waals surface area contributed by atoms with Crippen LogP contribution in [0.25, 0.3) is 0 Å².